The lowest BCUT2D eigenvalue weighted by Gasteiger charge is -2.06. The van der Waals surface area contributed by atoms with Crippen molar-refractivity contribution in [2.24, 2.45) is 0 Å². The van der Waals surface area contributed by atoms with Crippen LogP contribution >= 0.6 is 0 Å². The van der Waals surface area contributed by atoms with Gasteiger partial charge in [0.15, 0.2) is 11.5 Å². The third kappa shape index (κ3) is 2.10. The maximum Gasteiger partial charge on any atom is 0.169 e. The van der Waals surface area contributed by atoms with Crippen molar-refractivity contribution in [2.75, 3.05) is 0 Å². The zero-order chi connectivity index (χ0) is 11.4. The van der Waals surface area contributed by atoms with Gasteiger partial charge in [0.25, 0.3) is 0 Å². The van der Waals surface area contributed by atoms with E-state index in [1.54, 1.807) is 30.3 Å². The number of phenols is 1. The predicted molar refractivity (Wildman–Crippen MR) is 57.1 cm³/mol. The fourth-order valence-corrected chi connectivity index (χ4v) is 1.18. The highest BCUT2D eigenvalue weighted by Crippen LogP contribution is 2.29. The SMILES string of the molecule is N#Cc1ccc(Oc2ccccc2O)cn1. The smallest absolute Gasteiger partial charge is 0.169 e. The Balaban J connectivity index is 2.22. The van der Waals surface area contributed by atoms with Gasteiger partial charge >= 0.3 is 0 Å². The highest BCUT2D eigenvalue weighted by molar-refractivity contribution is 5.41. The van der Waals surface area contributed by atoms with Crippen LogP contribution in [0.4, 0.5) is 0 Å². The summed E-state index contributed by atoms with van der Waals surface area (Å²) in [5.74, 6) is 0.890. The highest BCUT2D eigenvalue weighted by atomic mass is 16.5. The van der Waals surface area contributed by atoms with Crippen molar-refractivity contribution in [3.63, 3.8) is 0 Å². The van der Waals surface area contributed by atoms with Crippen molar-refractivity contribution >= 4 is 0 Å². The summed E-state index contributed by atoms with van der Waals surface area (Å²) in [7, 11) is 0. The Morgan fingerprint density at radius 2 is 2.00 bits per heavy atom. The fraction of sp³-hybridized carbons (Fsp3) is 0. The third-order valence-electron chi connectivity index (χ3n) is 1.94. The Kier molecular flexibility index (Phi) is 2.70. The molecule has 16 heavy (non-hydrogen) atoms. The van der Waals surface area contributed by atoms with Crippen LogP contribution in [0.5, 0.6) is 17.2 Å². The minimum absolute atomic E-state index is 0.0619. The lowest BCUT2D eigenvalue weighted by molar-refractivity contribution is 0.410. The van der Waals surface area contributed by atoms with Crippen LogP contribution in [0.3, 0.4) is 0 Å². The number of hydrogen-bond donors (Lipinski definition) is 1. The molecule has 0 amide bonds. The van der Waals surface area contributed by atoms with Crippen molar-refractivity contribution in [3.05, 3.63) is 48.3 Å². The lowest BCUT2D eigenvalue weighted by Crippen LogP contribution is -1.87. The Bertz CT molecular complexity index is 529. The van der Waals surface area contributed by atoms with Gasteiger partial charge in [-0.15, -0.1) is 0 Å². The standard InChI is InChI=1S/C12H8N2O2/c13-7-9-5-6-10(8-14-9)16-12-4-2-1-3-11(12)15/h1-6,8,15H. The minimum atomic E-state index is 0.0619. The average molecular weight is 212 g/mol. The number of nitrogens with zero attached hydrogens (tertiary/aromatic N) is 2. The van der Waals surface area contributed by atoms with Gasteiger partial charge in [-0.1, -0.05) is 12.1 Å². The molecule has 1 aromatic heterocycles. The van der Waals surface area contributed by atoms with Crippen LogP contribution in [0.2, 0.25) is 0 Å². The number of ether oxygens (including phenoxy) is 1. The molecule has 0 radical (unpaired) electrons. The first-order valence-electron chi connectivity index (χ1n) is 4.61. The molecule has 4 nitrogen and oxygen atoms in total. The molecule has 1 N–H and O–H groups in total. The summed E-state index contributed by atoms with van der Waals surface area (Å²) in [5.41, 5.74) is 0.324. The van der Waals surface area contributed by atoms with E-state index < -0.39 is 0 Å². The third-order valence-corrected chi connectivity index (χ3v) is 1.94. The van der Waals surface area contributed by atoms with Gasteiger partial charge in [-0.3, -0.25) is 0 Å². The van der Waals surface area contributed by atoms with Crippen LogP contribution in [0.25, 0.3) is 0 Å². The molecule has 78 valence electrons. The summed E-state index contributed by atoms with van der Waals surface area (Å²) < 4.78 is 5.39. The predicted octanol–water partition coefficient (Wildman–Crippen LogP) is 2.45. The summed E-state index contributed by atoms with van der Waals surface area (Å²) in [5, 5.41) is 18.0. The van der Waals surface area contributed by atoms with Crippen molar-refractivity contribution in [2.45, 2.75) is 0 Å². The van der Waals surface area contributed by atoms with E-state index in [4.69, 9.17) is 10.00 Å². The van der Waals surface area contributed by atoms with Crippen LogP contribution < -0.4 is 4.74 Å². The molecular formula is C12H8N2O2. The van der Waals surface area contributed by atoms with E-state index in [2.05, 4.69) is 4.98 Å². The molecule has 0 saturated heterocycles. The number of nitriles is 1. The minimum Gasteiger partial charge on any atom is -0.504 e. The second-order valence-corrected chi connectivity index (χ2v) is 3.06. The first-order valence-corrected chi connectivity index (χ1v) is 4.61. The molecular weight excluding hydrogens is 204 g/mol. The van der Waals surface area contributed by atoms with Gasteiger partial charge < -0.3 is 9.84 Å². The average Bonchev–Trinajstić information content (AvgIpc) is 2.33. The van der Waals surface area contributed by atoms with Gasteiger partial charge in [0.05, 0.1) is 6.20 Å². The number of rotatable bonds is 2. The van der Waals surface area contributed by atoms with Gasteiger partial charge in [-0.2, -0.15) is 5.26 Å². The monoisotopic (exact) mass is 212 g/mol. The molecule has 4 heteroatoms. The molecule has 0 saturated carbocycles. The summed E-state index contributed by atoms with van der Waals surface area (Å²) in [6, 6.07) is 11.7. The van der Waals surface area contributed by atoms with E-state index >= 15 is 0 Å². The van der Waals surface area contributed by atoms with Crippen molar-refractivity contribution in [1.29, 1.82) is 5.26 Å². The summed E-state index contributed by atoms with van der Waals surface area (Å²) in [6.45, 7) is 0. The molecule has 0 aliphatic carbocycles. The van der Waals surface area contributed by atoms with E-state index in [1.807, 2.05) is 6.07 Å². The maximum atomic E-state index is 9.47. The number of pyridine rings is 1. The Morgan fingerprint density at radius 1 is 1.19 bits per heavy atom. The molecule has 0 atom stereocenters. The van der Waals surface area contributed by atoms with Crippen LogP contribution in [-0.4, -0.2) is 10.1 Å². The Labute approximate surface area is 92.4 Å². The van der Waals surface area contributed by atoms with Crippen LogP contribution in [-0.2, 0) is 0 Å². The molecule has 0 unspecified atom stereocenters. The summed E-state index contributed by atoms with van der Waals surface area (Å²) in [4.78, 5) is 3.86. The van der Waals surface area contributed by atoms with E-state index in [0.29, 0.717) is 17.2 Å². The van der Waals surface area contributed by atoms with Gasteiger partial charge in [-0.05, 0) is 24.3 Å². The van der Waals surface area contributed by atoms with Gasteiger partial charge in [0, 0.05) is 0 Å². The van der Waals surface area contributed by atoms with Crippen LogP contribution in [0.15, 0.2) is 42.6 Å². The molecule has 0 aliphatic heterocycles. The second kappa shape index (κ2) is 4.32. The van der Waals surface area contributed by atoms with E-state index in [9.17, 15) is 5.11 Å². The number of aromatic hydroxyl groups is 1. The van der Waals surface area contributed by atoms with Crippen LogP contribution in [0, 0.1) is 11.3 Å². The van der Waals surface area contributed by atoms with E-state index in [-0.39, 0.29) is 5.75 Å². The van der Waals surface area contributed by atoms with Crippen molar-refractivity contribution < 1.29 is 9.84 Å². The lowest BCUT2D eigenvalue weighted by atomic mass is 10.3. The molecule has 1 aromatic carbocycles. The van der Waals surface area contributed by atoms with Crippen LogP contribution in [0.1, 0.15) is 5.69 Å². The zero-order valence-corrected chi connectivity index (χ0v) is 8.29. The highest BCUT2D eigenvalue weighted by Gasteiger charge is 2.02. The van der Waals surface area contributed by atoms with Crippen molar-refractivity contribution in [1.82, 2.24) is 4.98 Å². The molecule has 0 bridgehead atoms. The maximum absolute atomic E-state index is 9.47. The molecule has 0 fully saturated rings. The van der Waals surface area contributed by atoms with E-state index in [0.717, 1.165) is 0 Å². The largest absolute Gasteiger partial charge is 0.504 e. The molecule has 2 aromatic rings. The van der Waals surface area contributed by atoms with Gasteiger partial charge in [0.1, 0.15) is 17.5 Å². The van der Waals surface area contributed by atoms with Gasteiger partial charge in [0.2, 0.25) is 0 Å². The number of phenolic OH excluding ortho intramolecular Hbond substituents is 1. The first kappa shape index (κ1) is 9.99. The van der Waals surface area contributed by atoms with Gasteiger partial charge in [-0.25, -0.2) is 4.98 Å². The number of aromatic nitrogens is 1. The topological polar surface area (TPSA) is 66.1 Å². The summed E-state index contributed by atoms with van der Waals surface area (Å²) >= 11 is 0. The number of hydrogen-bond acceptors (Lipinski definition) is 4. The molecule has 1 heterocycles. The first-order chi connectivity index (χ1) is 7.79. The Morgan fingerprint density at radius 3 is 2.62 bits per heavy atom. The molecule has 0 spiro atoms. The molecule has 2 rings (SSSR count). The fourth-order valence-electron chi connectivity index (χ4n) is 1.18. The Hall–Kier alpha value is -2.54. The second-order valence-electron chi connectivity index (χ2n) is 3.06. The quantitative estimate of drug-likeness (QED) is 0.830. The zero-order valence-electron chi connectivity index (χ0n) is 8.29. The summed E-state index contributed by atoms with van der Waals surface area (Å²) in [6.07, 6.45) is 1.44. The normalized spacial score (nSPS) is 9.44. The number of para-hydroxylation sites is 2. The number of benzene rings is 1. The molecule has 0 aliphatic rings. The van der Waals surface area contributed by atoms with Crippen molar-refractivity contribution in [3.8, 4) is 23.3 Å². The van der Waals surface area contributed by atoms with E-state index in [1.165, 1.54) is 12.3 Å².